The minimum absolute atomic E-state index is 0.0602. The molecular weight excluding hydrogens is 310 g/mol. The Morgan fingerprint density at radius 2 is 2.05 bits per heavy atom. The predicted molar refractivity (Wildman–Crippen MR) is 81.6 cm³/mol. The first kappa shape index (κ1) is 16.0. The number of aliphatic hydroxyl groups excluding tert-OH is 1. The zero-order valence-electron chi connectivity index (χ0n) is 11.7. The maximum Gasteiger partial charge on any atom is 0.259 e. The maximum absolute atomic E-state index is 12.0. The van der Waals surface area contributed by atoms with Crippen LogP contribution in [0.1, 0.15) is 11.7 Å². The van der Waals surface area contributed by atoms with E-state index in [4.69, 9.17) is 0 Å². The summed E-state index contributed by atoms with van der Waals surface area (Å²) in [4.78, 5) is 4.87. The van der Waals surface area contributed by atoms with E-state index >= 15 is 0 Å². The average Bonchev–Trinajstić information content (AvgIpc) is 2.92. The van der Waals surface area contributed by atoms with E-state index < -0.39 is 16.1 Å². The molecule has 1 aromatic heterocycles. The van der Waals surface area contributed by atoms with Gasteiger partial charge in [0.1, 0.15) is 0 Å². The third-order valence-corrected chi connectivity index (χ3v) is 4.98. The molecule has 2 rings (SSSR count). The van der Waals surface area contributed by atoms with Gasteiger partial charge < -0.3 is 9.67 Å². The second-order valence-electron chi connectivity index (χ2n) is 4.52. The van der Waals surface area contributed by atoms with Gasteiger partial charge in [-0.05, 0) is 24.0 Å². The molecule has 0 saturated carbocycles. The van der Waals surface area contributed by atoms with Gasteiger partial charge in [0.2, 0.25) is 0 Å². The zero-order chi connectivity index (χ0) is 15.5. The predicted octanol–water partition coefficient (Wildman–Crippen LogP) is 1.15. The third kappa shape index (κ3) is 4.07. The van der Waals surface area contributed by atoms with E-state index in [1.807, 2.05) is 18.4 Å². The van der Waals surface area contributed by atoms with Crippen LogP contribution >= 0.6 is 11.8 Å². The van der Waals surface area contributed by atoms with E-state index in [2.05, 4.69) is 9.71 Å². The molecule has 8 heteroatoms. The van der Waals surface area contributed by atoms with Crippen molar-refractivity contribution in [3.05, 3.63) is 42.4 Å². The molecule has 6 nitrogen and oxygen atoms in total. The molecular formula is C13H17N3O3S2. The summed E-state index contributed by atoms with van der Waals surface area (Å²) < 4.78 is 27.9. The fourth-order valence-electron chi connectivity index (χ4n) is 1.73. The van der Waals surface area contributed by atoms with Crippen LogP contribution in [0, 0.1) is 0 Å². The van der Waals surface area contributed by atoms with Crippen molar-refractivity contribution in [3.63, 3.8) is 0 Å². The molecule has 2 N–H and O–H groups in total. The SMILES string of the molecule is CSc1ccc([C@@H](O)CNS(=O)(=O)c2cn(C)cn2)cc1. The molecule has 0 aliphatic heterocycles. The lowest BCUT2D eigenvalue weighted by Crippen LogP contribution is -2.28. The van der Waals surface area contributed by atoms with Crippen molar-refractivity contribution < 1.29 is 13.5 Å². The second-order valence-corrected chi connectivity index (χ2v) is 7.11. The van der Waals surface area contributed by atoms with Gasteiger partial charge in [0.15, 0.2) is 5.03 Å². The van der Waals surface area contributed by atoms with Crippen LogP contribution < -0.4 is 4.72 Å². The van der Waals surface area contributed by atoms with E-state index in [9.17, 15) is 13.5 Å². The van der Waals surface area contributed by atoms with Crippen molar-refractivity contribution in [3.8, 4) is 0 Å². The molecule has 0 bridgehead atoms. The van der Waals surface area contributed by atoms with Crippen molar-refractivity contribution in [2.24, 2.45) is 7.05 Å². The Labute approximate surface area is 128 Å². The number of aliphatic hydroxyl groups is 1. The molecule has 0 saturated heterocycles. The highest BCUT2D eigenvalue weighted by Crippen LogP contribution is 2.19. The number of thioether (sulfide) groups is 1. The van der Waals surface area contributed by atoms with Crippen molar-refractivity contribution in [2.45, 2.75) is 16.0 Å². The lowest BCUT2D eigenvalue weighted by molar-refractivity contribution is 0.182. The van der Waals surface area contributed by atoms with E-state index in [0.29, 0.717) is 5.56 Å². The topological polar surface area (TPSA) is 84.2 Å². The highest BCUT2D eigenvalue weighted by molar-refractivity contribution is 7.98. The lowest BCUT2D eigenvalue weighted by Gasteiger charge is -2.12. The molecule has 21 heavy (non-hydrogen) atoms. The van der Waals surface area contributed by atoms with Crippen molar-refractivity contribution in [1.29, 1.82) is 0 Å². The van der Waals surface area contributed by atoms with Gasteiger partial charge in [0, 0.05) is 24.7 Å². The summed E-state index contributed by atoms with van der Waals surface area (Å²) in [5.41, 5.74) is 0.663. The monoisotopic (exact) mass is 327 g/mol. The molecule has 0 aliphatic rings. The number of hydrogen-bond donors (Lipinski definition) is 2. The Morgan fingerprint density at radius 1 is 1.38 bits per heavy atom. The highest BCUT2D eigenvalue weighted by atomic mass is 32.2. The molecule has 1 heterocycles. The van der Waals surface area contributed by atoms with Crippen molar-refractivity contribution in [2.75, 3.05) is 12.8 Å². The Balaban J connectivity index is 2.01. The van der Waals surface area contributed by atoms with Crippen molar-refractivity contribution >= 4 is 21.8 Å². The minimum atomic E-state index is -3.70. The summed E-state index contributed by atoms with van der Waals surface area (Å²) >= 11 is 1.60. The van der Waals surface area contributed by atoms with Crippen LogP contribution in [0.15, 0.2) is 46.7 Å². The summed E-state index contributed by atoms with van der Waals surface area (Å²) in [7, 11) is -2.01. The maximum atomic E-state index is 12.0. The number of sulfonamides is 1. The number of rotatable bonds is 6. The third-order valence-electron chi connectivity index (χ3n) is 2.92. The van der Waals surface area contributed by atoms with Crippen LogP contribution in [-0.4, -0.2) is 35.9 Å². The highest BCUT2D eigenvalue weighted by Gasteiger charge is 2.18. The normalized spacial score (nSPS) is 13.3. The first-order valence-corrected chi connectivity index (χ1v) is 8.93. The molecule has 2 aromatic rings. The van der Waals surface area contributed by atoms with E-state index in [1.165, 1.54) is 12.5 Å². The van der Waals surface area contributed by atoms with Gasteiger partial charge in [-0.15, -0.1) is 11.8 Å². The Kier molecular flexibility index (Phi) is 5.04. The molecule has 0 spiro atoms. The first-order chi connectivity index (χ1) is 9.92. The fourth-order valence-corrected chi connectivity index (χ4v) is 3.16. The second kappa shape index (κ2) is 6.61. The number of imidazole rings is 1. The molecule has 0 amide bonds. The summed E-state index contributed by atoms with van der Waals surface area (Å²) in [6.45, 7) is -0.0997. The van der Waals surface area contributed by atoms with E-state index in [0.717, 1.165) is 4.90 Å². The summed E-state index contributed by atoms with van der Waals surface area (Å²) in [5, 5.41) is 9.98. The van der Waals surface area contributed by atoms with Crippen LogP contribution in [0.5, 0.6) is 0 Å². The fraction of sp³-hybridized carbons (Fsp3) is 0.308. The number of aryl methyl sites for hydroxylation is 1. The number of nitrogens with zero attached hydrogens (tertiary/aromatic N) is 2. The average molecular weight is 327 g/mol. The molecule has 0 radical (unpaired) electrons. The number of aromatic nitrogens is 2. The quantitative estimate of drug-likeness (QED) is 0.778. The Bertz CT molecular complexity index is 696. The largest absolute Gasteiger partial charge is 0.387 e. The Morgan fingerprint density at radius 3 is 2.57 bits per heavy atom. The van der Waals surface area contributed by atoms with Crippen LogP contribution in [0.2, 0.25) is 0 Å². The van der Waals surface area contributed by atoms with Gasteiger partial charge in [0.05, 0.1) is 12.4 Å². The molecule has 0 unspecified atom stereocenters. The number of benzene rings is 1. The molecule has 1 atom stereocenters. The smallest absolute Gasteiger partial charge is 0.259 e. The van der Waals surface area contributed by atoms with Gasteiger partial charge in [0.25, 0.3) is 10.0 Å². The minimum Gasteiger partial charge on any atom is -0.387 e. The summed E-state index contributed by atoms with van der Waals surface area (Å²) in [6.07, 6.45) is 3.87. The van der Waals surface area contributed by atoms with E-state index in [-0.39, 0.29) is 11.6 Å². The van der Waals surface area contributed by atoms with Gasteiger partial charge in [-0.1, -0.05) is 12.1 Å². The van der Waals surface area contributed by atoms with Gasteiger partial charge in [-0.25, -0.2) is 18.1 Å². The molecule has 114 valence electrons. The van der Waals surface area contributed by atoms with Crippen LogP contribution in [-0.2, 0) is 17.1 Å². The van der Waals surface area contributed by atoms with Gasteiger partial charge in [-0.2, -0.15) is 0 Å². The first-order valence-electron chi connectivity index (χ1n) is 6.22. The number of nitrogens with one attached hydrogen (secondary N) is 1. The molecule has 1 aromatic carbocycles. The summed E-state index contributed by atoms with van der Waals surface area (Å²) in [6, 6.07) is 7.34. The van der Waals surface area contributed by atoms with Gasteiger partial charge in [-0.3, -0.25) is 0 Å². The molecule has 0 fully saturated rings. The standard InChI is InChI=1S/C13H17N3O3S2/c1-16-8-13(14-9-16)21(18,19)15-7-12(17)10-3-5-11(20-2)6-4-10/h3-6,8-9,12,15,17H,7H2,1-2H3/t12-/m0/s1. The van der Waals surface area contributed by atoms with Crippen LogP contribution in [0.25, 0.3) is 0 Å². The van der Waals surface area contributed by atoms with Crippen molar-refractivity contribution in [1.82, 2.24) is 14.3 Å². The zero-order valence-corrected chi connectivity index (χ0v) is 13.4. The molecule has 0 aliphatic carbocycles. The number of hydrogen-bond acceptors (Lipinski definition) is 5. The summed E-state index contributed by atoms with van der Waals surface area (Å²) in [5.74, 6) is 0. The Hall–Kier alpha value is -1.35. The van der Waals surface area contributed by atoms with Crippen LogP contribution in [0.3, 0.4) is 0 Å². The van der Waals surface area contributed by atoms with Crippen LogP contribution in [0.4, 0.5) is 0 Å². The van der Waals surface area contributed by atoms with E-state index in [1.54, 1.807) is 35.5 Å². The lowest BCUT2D eigenvalue weighted by atomic mass is 10.1. The van der Waals surface area contributed by atoms with Gasteiger partial charge >= 0.3 is 0 Å².